The quantitative estimate of drug-likeness (QED) is 0.405. The Kier molecular flexibility index (Phi) is 5.18. The number of anilines is 1. The Morgan fingerprint density at radius 1 is 1.06 bits per heavy atom. The van der Waals surface area contributed by atoms with Crippen molar-refractivity contribution in [3.05, 3.63) is 87.7 Å². The Morgan fingerprint density at radius 2 is 1.88 bits per heavy atom. The molecule has 2 aromatic carbocycles. The summed E-state index contributed by atoms with van der Waals surface area (Å²) in [5.41, 5.74) is 5.19. The number of para-hydroxylation sites is 1. The van der Waals surface area contributed by atoms with E-state index >= 15 is 0 Å². The van der Waals surface area contributed by atoms with E-state index in [-0.39, 0.29) is 11.5 Å². The lowest BCUT2D eigenvalue weighted by atomic mass is 9.99. The van der Waals surface area contributed by atoms with Gasteiger partial charge in [0.25, 0.3) is 0 Å². The van der Waals surface area contributed by atoms with Crippen molar-refractivity contribution < 1.29 is 4.42 Å². The van der Waals surface area contributed by atoms with Crippen molar-refractivity contribution in [2.45, 2.75) is 26.8 Å². The van der Waals surface area contributed by atoms with Gasteiger partial charge < -0.3 is 9.73 Å². The highest BCUT2D eigenvalue weighted by Crippen LogP contribution is 2.33. The third-order valence-electron chi connectivity index (χ3n) is 5.64. The normalized spacial score (nSPS) is 12.1. The van der Waals surface area contributed by atoms with E-state index < -0.39 is 0 Å². The molecule has 0 aliphatic carbocycles. The molecule has 0 radical (unpaired) electrons. The van der Waals surface area contributed by atoms with Crippen LogP contribution in [0.2, 0.25) is 0 Å². The molecule has 1 atom stereocenters. The minimum atomic E-state index is -0.178. The summed E-state index contributed by atoms with van der Waals surface area (Å²) in [4.78, 5) is 17.7. The Bertz CT molecular complexity index is 1490. The smallest absolute Gasteiger partial charge is 0.206 e. The van der Waals surface area contributed by atoms with Crippen LogP contribution in [0.5, 0.6) is 0 Å². The summed E-state index contributed by atoms with van der Waals surface area (Å²) in [7, 11) is 0. The Morgan fingerprint density at radius 3 is 2.64 bits per heavy atom. The molecule has 8 nitrogen and oxygen atoms in total. The number of benzene rings is 2. The van der Waals surface area contributed by atoms with Gasteiger partial charge in [-0.05, 0) is 61.9 Å². The second kappa shape index (κ2) is 8.31. The molecule has 5 aromatic rings. The van der Waals surface area contributed by atoms with Crippen LogP contribution >= 0.6 is 0 Å². The second-order valence-electron chi connectivity index (χ2n) is 7.98. The highest BCUT2D eigenvalue weighted by atomic mass is 16.3. The lowest BCUT2D eigenvalue weighted by molar-refractivity contribution is 0.603. The summed E-state index contributed by atoms with van der Waals surface area (Å²) in [6.07, 6.45) is 1.69. The Hall–Kier alpha value is -4.33. The first-order valence-electron chi connectivity index (χ1n) is 10.6. The molecule has 1 unspecified atom stereocenters. The molecular formula is C25H22N6O2. The number of aryl methyl sites for hydroxylation is 1. The summed E-state index contributed by atoms with van der Waals surface area (Å²) in [6.45, 7) is 5.78. The number of nitrogens with zero attached hydrogens (tertiary/aromatic N) is 4. The van der Waals surface area contributed by atoms with Crippen LogP contribution in [0.3, 0.4) is 0 Å². The maximum Gasteiger partial charge on any atom is 0.206 e. The molecule has 3 aromatic heterocycles. The number of hydrogen-bond donors (Lipinski definition) is 2. The summed E-state index contributed by atoms with van der Waals surface area (Å²) in [6, 6.07) is 17.0. The van der Waals surface area contributed by atoms with Crippen LogP contribution in [0, 0.1) is 13.8 Å². The molecule has 0 saturated heterocycles. The molecule has 2 N–H and O–H groups in total. The summed E-state index contributed by atoms with van der Waals surface area (Å²) < 4.78 is 6.36. The van der Waals surface area contributed by atoms with Gasteiger partial charge in [-0.3, -0.25) is 9.78 Å². The average molecular weight is 438 g/mol. The SMILES string of the molecule is Cc1cc(C(C)Nc2ccccc2-c2nn[nH]n2)c2oc(-c3ccccn3)c(C)c(=O)c2c1. The van der Waals surface area contributed by atoms with E-state index in [1.54, 1.807) is 13.1 Å². The van der Waals surface area contributed by atoms with Crippen molar-refractivity contribution in [1.29, 1.82) is 0 Å². The Labute approximate surface area is 189 Å². The number of aromatic amines is 1. The summed E-state index contributed by atoms with van der Waals surface area (Å²) in [5, 5.41) is 18.5. The third kappa shape index (κ3) is 3.76. The van der Waals surface area contributed by atoms with Crippen LogP contribution in [0.4, 0.5) is 5.69 Å². The van der Waals surface area contributed by atoms with Gasteiger partial charge in [-0.25, -0.2) is 0 Å². The van der Waals surface area contributed by atoms with Gasteiger partial charge in [0.1, 0.15) is 11.3 Å². The van der Waals surface area contributed by atoms with Crippen LogP contribution < -0.4 is 10.7 Å². The van der Waals surface area contributed by atoms with E-state index in [2.05, 4.69) is 30.9 Å². The summed E-state index contributed by atoms with van der Waals surface area (Å²) in [5.74, 6) is 0.983. The van der Waals surface area contributed by atoms with Crippen LogP contribution in [0.1, 0.15) is 29.7 Å². The number of H-pyrrole nitrogens is 1. The van der Waals surface area contributed by atoms with Crippen LogP contribution in [-0.2, 0) is 0 Å². The van der Waals surface area contributed by atoms with Crippen LogP contribution in [0.15, 0.2) is 70.0 Å². The zero-order valence-electron chi connectivity index (χ0n) is 18.5. The molecule has 0 aliphatic heterocycles. The number of tetrazole rings is 1. The van der Waals surface area contributed by atoms with Gasteiger partial charge in [0.05, 0.1) is 11.4 Å². The highest BCUT2D eigenvalue weighted by molar-refractivity contribution is 5.84. The average Bonchev–Trinajstić information content (AvgIpc) is 3.37. The van der Waals surface area contributed by atoms with Crippen molar-refractivity contribution >= 4 is 16.7 Å². The zero-order valence-corrected chi connectivity index (χ0v) is 18.5. The highest BCUT2D eigenvalue weighted by Gasteiger charge is 2.20. The molecule has 3 heterocycles. The first-order chi connectivity index (χ1) is 16.0. The van der Waals surface area contributed by atoms with Gasteiger partial charge in [0, 0.05) is 28.6 Å². The minimum absolute atomic E-state index is 0.0544. The lowest BCUT2D eigenvalue weighted by Crippen LogP contribution is -2.13. The molecule has 0 amide bonds. The first kappa shape index (κ1) is 20.6. The van der Waals surface area contributed by atoms with Gasteiger partial charge in [-0.1, -0.05) is 24.3 Å². The number of aromatic nitrogens is 5. The maximum absolute atomic E-state index is 13.3. The molecule has 5 rings (SSSR count). The largest absolute Gasteiger partial charge is 0.454 e. The van der Waals surface area contributed by atoms with Crippen molar-refractivity contribution in [2.75, 3.05) is 5.32 Å². The molecular weight excluding hydrogens is 416 g/mol. The fraction of sp³-hybridized carbons (Fsp3) is 0.160. The molecule has 0 spiro atoms. The number of nitrogens with one attached hydrogen (secondary N) is 2. The Balaban J connectivity index is 1.64. The number of pyridine rings is 1. The van der Waals surface area contributed by atoms with Crippen molar-refractivity contribution in [1.82, 2.24) is 25.6 Å². The molecule has 8 heteroatoms. The standard InChI is InChI=1S/C25H22N6O2/c1-14-12-18(16(3)27-20-9-5-4-8-17(20)25-28-30-31-29-25)24-19(13-14)22(32)15(2)23(33-24)21-10-6-7-11-26-21/h4-13,16,27H,1-3H3,(H,28,29,30,31). The predicted octanol–water partition coefficient (Wildman–Crippen LogP) is 4.83. The number of hydrogen-bond acceptors (Lipinski definition) is 7. The minimum Gasteiger partial charge on any atom is -0.454 e. The van der Waals surface area contributed by atoms with Crippen molar-refractivity contribution in [2.24, 2.45) is 0 Å². The number of rotatable bonds is 5. The topological polar surface area (TPSA) is 110 Å². The van der Waals surface area contributed by atoms with E-state index in [0.717, 1.165) is 22.4 Å². The molecule has 0 aliphatic rings. The summed E-state index contributed by atoms with van der Waals surface area (Å²) >= 11 is 0. The lowest BCUT2D eigenvalue weighted by Gasteiger charge is -2.20. The molecule has 0 fully saturated rings. The van der Waals surface area contributed by atoms with Gasteiger partial charge in [0.2, 0.25) is 5.82 Å². The van der Waals surface area contributed by atoms with E-state index in [1.807, 2.05) is 68.4 Å². The fourth-order valence-corrected chi connectivity index (χ4v) is 4.02. The number of fused-ring (bicyclic) bond motifs is 1. The van der Waals surface area contributed by atoms with Gasteiger partial charge in [0.15, 0.2) is 11.2 Å². The van der Waals surface area contributed by atoms with E-state index in [9.17, 15) is 4.79 Å². The van der Waals surface area contributed by atoms with Gasteiger partial charge >= 0.3 is 0 Å². The van der Waals surface area contributed by atoms with Crippen LogP contribution in [-0.4, -0.2) is 25.6 Å². The first-order valence-corrected chi connectivity index (χ1v) is 10.6. The van der Waals surface area contributed by atoms with Crippen molar-refractivity contribution in [3.63, 3.8) is 0 Å². The van der Waals surface area contributed by atoms with Crippen molar-refractivity contribution in [3.8, 4) is 22.8 Å². The molecule has 0 bridgehead atoms. The van der Waals surface area contributed by atoms with E-state index in [1.165, 1.54) is 0 Å². The van der Waals surface area contributed by atoms with Gasteiger partial charge in [-0.2, -0.15) is 5.21 Å². The predicted molar refractivity (Wildman–Crippen MR) is 127 cm³/mol. The maximum atomic E-state index is 13.3. The van der Waals surface area contributed by atoms with E-state index in [4.69, 9.17) is 4.42 Å². The van der Waals surface area contributed by atoms with E-state index in [0.29, 0.717) is 33.8 Å². The monoisotopic (exact) mass is 438 g/mol. The zero-order chi connectivity index (χ0) is 22.9. The second-order valence-corrected chi connectivity index (χ2v) is 7.98. The van der Waals surface area contributed by atoms with Gasteiger partial charge in [-0.15, -0.1) is 10.2 Å². The van der Waals surface area contributed by atoms with Crippen LogP contribution in [0.25, 0.3) is 33.8 Å². The third-order valence-corrected chi connectivity index (χ3v) is 5.64. The molecule has 0 saturated carbocycles. The molecule has 164 valence electrons. The fourth-order valence-electron chi connectivity index (χ4n) is 4.02. The molecule has 33 heavy (non-hydrogen) atoms.